The third-order valence-corrected chi connectivity index (χ3v) is 4.49. The summed E-state index contributed by atoms with van der Waals surface area (Å²) < 4.78 is 7.39. The van der Waals surface area contributed by atoms with Gasteiger partial charge in [0.25, 0.3) is 5.91 Å². The molecule has 132 valence electrons. The number of nitriles is 1. The van der Waals surface area contributed by atoms with E-state index in [0.717, 1.165) is 22.5 Å². The van der Waals surface area contributed by atoms with Gasteiger partial charge >= 0.3 is 0 Å². The number of carbonyl (C=O) groups excluding carboxylic acids is 1. The second-order valence-corrected chi connectivity index (χ2v) is 6.26. The highest BCUT2D eigenvalue weighted by atomic mass is 35.5. The summed E-state index contributed by atoms with van der Waals surface area (Å²) in [5.41, 5.74) is 4.10. The van der Waals surface area contributed by atoms with Gasteiger partial charge in [0.2, 0.25) is 0 Å². The van der Waals surface area contributed by atoms with Crippen LogP contribution in [0.1, 0.15) is 33.3 Å². The normalized spacial score (nSPS) is 10.6. The van der Waals surface area contributed by atoms with Crippen molar-refractivity contribution in [1.82, 2.24) is 15.1 Å². The van der Waals surface area contributed by atoms with Gasteiger partial charge in [0.15, 0.2) is 5.76 Å². The van der Waals surface area contributed by atoms with Crippen LogP contribution in [0.2, 0.25) is 5.02 Å². The summed E-state index contributed by atoms with van der Waals surface area (Å²) in [4.78, 5) is 11.6. The zero-order valence-corrected chi connectivity index (χ0v) is 15.4. The summed E-state index contributed by atoms with van der Waals surface area (Å²) in [5.74, 6) is 0.638. The molecular formula is C19H17ClN4O2. The highest BCUT2D eigenvalue weighted by Gasteiger charge is 2.16. The SMILES string of the molecule is CNC(=O)c1ccc(Cn2nc(C)c(-c3ccc(C#N)c(Cl)c3)c2C)o1. The van der Waals surface area contributed by atoms with Gasteiger partial charge in [-0.2, -0.15) is 10.4 Å². The van der Waals surface area contributed by atoms with E-state index in [0.29, 0.717) is 22.9 Å². The first kappa shape index (κ1) is 17.8. The van der Waals surface area contributed by atoms with Gasteiger partial charge in [-0.1, -0.05) is 17.7 Å². The molecule has 1 N–H and O–H groups in total. The molecule has 26 heavy (non-hydrogen) atoms. The molecule has 0 aliphatic rings. The molecule has 0 saturated heterocycles. The Bertz CT molecular complexity index is 1030. The molecule has 3 aromatic rings. The summed E-state index contributed by atoms with van der Waals surface area (Å²) >= 11 is 6.16. The quantitative estimate of drug-likeness (QED) is 0.761. The summed E-state index contributed by atoms with van der Waals surface area (Å²) in [6.45, 7) is 4.29. The first-order valence-corrected chi connectivity index (χ1v) is 8.37. The molecular weight excluding hydrogens is 352 g/mol. The Morgan fingerprint density at radius 3 is 2.77 bits per heavy atom. The van der Waals surface area contributed by atoms with Crippen molar-refractivity contribution in [2.75, 3.05) is 7.05 Å². The van der Waals surface area contributed by atoms with Crippen LogP contribution in [0.4, 0.5) is 0 Å². The molecule has 0 radical (unpaired) electrons. The number of aryl methyl sites for hydroxylation is 1. The monoisotopic (exact) mass is 368 g/mol. The van der Waals surface area contributed by atoms with E-state index in [1.807, 2.05) is 24.6 Å². The van der Waals surface area contributed by atoms with Crippen molar-refractivity contribution >= 4 is 17.5 Å². The third-order valence-electron chi connectivity index (χ3n) is 4.18. The number of halogens is 1. The van der Waals surface area contributed by atoms with Crippen molar-refractivity contribution in [3.63, 3.8) is 0 Å². The second kappa shape index (κ2) is 7.06. The molecule has 1 amide bonds. The van der Waals surface area contributed by atoms with Gasteiger partial charge in [0, 0.05) is 18.3 Å². The lowest BCUT2D eigenvalue weighted by Gasteiger charge is -2.06. The van der Waals surface area contributed by atoms with Crippen molar-refractivity contribution in [1.29, 1.82) is 5.26 Å². The van der Waals surface area contributed by atoms with Crippen LogP contribution in [-0.4, -0.2) is 22.7 Å². The molecule has 0 aliphatic heterocycles. The topological polar surface area (TPSA) is 83.9 Å². The highest BCUT2D eigenvalue weighted by molar-refractivity contribution is 6.32. The number of hydrogen-bond acceptors (Lipinski definition) is 4. The predicted molar refractivity (Wildman–Crippen MR) is 98.1 cm³/mol. The van der Waals surface area contributed by atoms with Gasteiger partial charge in [-0.15, -0.1) is 0 Å². The fourth-order valence-electron chi connectivity index (χ4n) is 2.89. The van der Waals surface area contributed by atoms with E-state index in [-0.39, 0.29) is 11.7 Å². The molecule has 0 saturated carbocycles. The van der Waals surface area contributed by atoms with Crippen LogP contribution < -0.4 is 5.32 Å². The van der Waals surface area contributed by atoms with Crippen LogP contribution in [0, 0.1) is 25.2 Å². The maximum Gasteiger partial charge on any atom is 0.286 e. The molecule has 1 aromatic carbocycles. The summed E-state index contributed by atoms with van der Waals surface area (Å²) in [7, 11) is 1.56. The Balaban J connectivity index is 1.93. The molecule has 0 unspecified atom stereocenters. The number of aromatic nitrogens is 2. The molecule has 3 rings (SSSR count). The predicted octanol–water partition coefficient (Wildman–Crippen LogP) is 3.69. The van der Waals surface area contributed by atoms with E-state index < -0.39 is 0 Å². The lowest BCUT2D eigenvalue weighted by Crippen LogP contribution is -2.16. The number of nitrogens with zero attached hydrogens (tertiary/aromatic N) is 3. The average molecular weight is 369 g/mol. The summed E-state index contributed by atoms with van der Waals surface area (Å²) in [6.07, 6.45) is 0. The first-order chi connectivity index (χ1) is 12.4. The summed E-state index contributed by atoms with van der Waals surface area (Å²) in [6, 6.07) is 10.8. The maximum absolute atomic E-state index is 11.6. The van der Waals surface area contributed by atoms with Crippen molar-refractivity contribution < 1.29 is 9.21 Å². The number of nitrogens with one attached hydrogen (secondary N) is 1. The molecule has 0 bridgehead atoms. The zero-order chi connectivity index (χ0) is 18.8. The molecule has 0 aliphatic carbocycles. The van der Waals surface area contributed by atoms with Gasteiger partial charge in [-0.05, 0) is 43.7 Å². The van der Waals surface area contributed by atoms with Crippen LogP contribution in [-0.2, 0) is 6.54 Å². The van der Waals surface area contributed by atoms with Gasteiger partial charge in [-0.3, -0.25) is 9.48 Å². The van der Waals surface area contributed by atoms with Gasteiger partial charge in [0.1, 0.15) is 11.8 Å². The van der Waals surface area contributed by atoms with Gasteiger partial charge in [0.05, 0.1) is 22.8 Å². The van der Waals surface area contributed by atoms with Crippen LogP contribution >= 0.6 is 11.6 Å². The average Bonchev–Trinajstić information content (AvgIpc) is 3.19. The van der Waals surface area contributed by atoms with Crippen molar-refractivity contribution in [2.45, 2.75) is 20.4 Å². The number of furan rings is 1. The molecule has 6 nitrogen and oxygen atoms in total. The van der Waals surface area contributed by atoms with Crippen LogP contribution in [0.15, 0.2) is 34.7 Å². The molecule has 2 heterocycles. The highest BCUT2D eigenvalue weighted by Crippen LogP contribution is 2.30. The minimum atomic E-state index is -0.266. The summed E-state index contributed by atoms with van der Waals surface area (Å²) in [5, 5.41) is 16.5. The third kappa shape index (κ3) is 3.22. The molecule has 7 heteroatoms. The number of carbonyl (C=O) groups is 1. The number of benzene rings is 1. The molecule has 0 fully saturated rings. The second-order valence-electron chi connectivity index (χ2n) is 5.85. The fourth-order valence-corrected chi connectivity index (χ4v) is 3.11. The minimum absolute atomic E-state index is 0.266. The van der Waals surface area contributed by atoms with E-state index in [1.54, 1.807) is 31.3 Å². The van der Waals surface area contributed by atoms with Crippen molar-refractivity contribution in [3.8, 4) is 17.2 Å². The zero-order valence-electron chi connectivity index (χ0n) is 14.6. The van der Waals surface area contributed by atoms with Gasteiger partial charge in [-0.25, -0.2) is 0 Å². The lowest BCUT2D eigenvalue weighted by atomic mass is 10.0. The van der Waals surface area contributed by atoms with E-state index >= 15 is 0 Å². The van der Waals surface area contributed by atoms with Gasteiger partial charge < -0.3 is 9.73 Å². The van der Waals surface area contributed by atoms with Crippen LogP contribution in [0.5, 0.6) is 0 Å². The maximum atomic E-state index is 11.6. The first-order valence-electron chi connectivity index (χ1n) is 7.99. The largest absolute Gasteiger partial charge is 0.454 e. The van der Waals surface area contributed by atoms with Crippen molar-refractivity contribution in [3.05, 3.63) is 63.8 Å². The fraction of sp³-hybridized carbons (Fsp3) is 0.211. The number of rotatable bonds is 4. The van der Waals surface area contributed by atoms with Crippen LogP contribution in [0.3, 0.4) is 0 Å². The van der Waals surface area contributed by atoms with Crippen molar-refractivity contribution in [2.24, 2.45) is 0 Å². The Hall–Kier alpha value is -3.04. The Labute approximate surface area is 156 Å². The van der Waals surface area contributed by atoms with E-state index in [1.165, 1.54) is 0 Å². The Morgan fingerprint density at radius 1 is 1.35 bits per heavy atom. The smallest absolute Gasteiger partial charge is 0.286 e. The van der Waals surface area contributed by atoms with E-state index in [4.69, 9.17) is 21.3 Å². The molecule has 0 spiro atoms. The van der Waals surface area contributed by atoms with E-state index in [9.17, 15) is 4.79 Å². The molecule has 2 aromatic heterocycles. The lowest BCUT2D eigenvalue weighted by molar-refractivity contribution is 0.0933. The molecule has 0 atom stereocenters. The van der Waals surface area contributed by atoms with E-state index in [2.05, 4.69) is 16.5 Å². The minimum Gasteiger partial charge on any atom is -0.454 e. The Morgan fingerprint density at radius 2 is 2.12 bits per heavy atom. The number of hydrogen-bond donors (Lipinski definition) is 1. The van der Waals surface area contributed by atoms with Crippen LogP contribution in [0.25, 0.3) is 11.1 Å². The standard InChI is InChI=1S/C19H17ClN4O2/c1-11-18(13-4-5-14(9-21)16(20)8-13)12(2)24(23-11)10-15-6-7-17(26-15)19(25)22-3/h4-8H,10H2,1-3H3,(H,22,25). The number of amides is 1. The Kier molecular flexibility index (Phi) is 4.83.